The molecule has 0 fully saturated rings. The summed E-state index contributed by atoms with van der Waals surface area (Å²) in [6.45, 7) is 0. The lowest BCUT2D eigenvalue weighted by molar-refractivity contribution is 0.103. The SMILES string of the molecule is O=C(c1ccccc1)c1ccc(-c2[nH]c(-c3ccc(Cl)c(Cl)c3)nc2-c2ccccc2)cc1. The van der Waals surface area contributed by atoms with Gasteiger partial charge in [0, 0.05) is 27.8 Å². The fourth-order valence-corrected chi connectivity index (χ4v) is 4.01. The summed E-state index contributed by atoms with van der Waals surface area (Å²) in [6.07, 6.45) is 0. The van der Waals surface area contributed by atoms with Gasteiger partial charge in [-0.05, 0) is 18.2 Å². The van der Waals surface area contributed by atoms with Gasteiger partial charge < -0.3 is 4.98 Å². The number of hydrogen-bond acceptors (Lipinski definition) is 2. The van der Waals surface area contributed by atoms with E-state index >= 15 is 0 Å². The van der Waals surface area contributed by atoms with Crippen molar-refractivity contribution in [2.24, 2.45) is 0 Å². The Balaban J connectivity index is 1.57. The van der Waals surface area contributed by atoms with Crippen LogP contribution in [0.4, 0.5) is 0 Å². The molecule has 0 saturated carbocycles. The van der Waals surface area contributed by atoms with Gasteiger partial charge in [0.25, 0.3) is 0 Å². The van der Waals surface area contributed by atoms with Gasteiger partial charge in [0.1, 0.15) is 5.82 Å². The average Bonchev–Trinajstić information content (AvgIpc) is 3.32. The van der Waals surface area contributed by atoms with Crippen LogP contribution < -0.4 is 0 Å². The molecular weight excluding hydrogens is 451 g/mol. The number of nitrogens with zero attached hydrogens (tertiary/aromatic N) is 1. The normalized spacial score (nSPS) is 10.8. The third kappa shape index (κ3) is 4.34. The van der Waals surface area contributed by atoms with Gasteiger partial charge in [-0.15, -0.1) is 0 Å². The molecule has 0 aliphatic rings. The highest BCUT2D eigenvalue weighted by Crippen LogP contribution is 2.35. The largest absolute Gasteiger partial charge is 0.337 e. The lowest BCUT2D eigenvalue weighted by Crippen LogP contribution is -2.00. The highest BCUT2D eigenvalue weighted by Gasteiger charge is 2.17. The maximum atomic E-state index is 12.8. The topological polar surface area (TPSA) is 45.8 Å². The van der Waals surface area contributed by atoms with E-state index in [1.807, 2.05) is 91.0 Å². The van der Waals surface area contributed by atoms with Crippen molar-refractivity contribution in [3.63, 3.8) is 0 Å². The Morgan fingerprint density at radius 3 is 1.91 bits per heavy atom. The van der Waals surface area contributed by atoms with E-state index in [-0.39, 0.29) is 5.78 Å². The first kappa shape index (κ1) is 21.2. The number of carbonyl (C=O) groups is 1. The number of H-pyrrole nitrogens is 1. The molecule has 1 aromatic heterocycles. The molecule has 0 bridgehead atoms. The Labute approximate surface area is 201 Å². The van der Waals surface area contributed by atoms with Crippen LogP contribution >= 0.6 is 23.2 Å². The van der Waals surface area contributed by atoms with Crippen LogP contribution in [0, 0.1) is 0 Å². The molecule has 1 heterocycles. The molecule has 160 valence electrons. The number of aromatic nitrogens is 2. The predicted molar refractivity (Wildman–Crippen MR) is 135 cm³/mol. The molecule has 0 saturated heterocycles. The Morgan fingerprint density at radius 2 is 1.24 bits per heavy atom. The Morgan fingerprint density at radius 1 is 0.636 bits per heavy atom. The van der Waals surface area contributed by atoms with Gasteiger partial charge >= 0.3 is 0 Å². The third-order valence-electron chi connectivity index (χ3n) is 5.42. The van der Waals surface area contributed by atoms with Crippen LogP contribution in [0.2, 0.25) is 10.0 Å². The molecule has 5 heteroatoms. The van der Waals surface area contributed by atoms with Crippen LogP contribution in [0.1, 0.15) is 15.9 Å². The number of benzene rings is 4. The summed E-state index contributed by atoms with van der Waals surface area (Å²) < 4.78 is 0. The molecular formula is C28H18Cl2N2O. The number of hydrogen-bond donors (Lipinski definition) is 1. The summed E-state index contributed by atoms with van der Waals surface area (Å²) >= 11 is 12.3. The monoisotopic (exact) mass is 468 g/mol. The number of halogens is 2. The van der Waals surface area contributed by atoms with Crippen molar-refractivity contribution in [2.45, 2.75) is 0 Å². The van der Waals surface area contributed by atoms with E-state index in [1.54, 1.807) is 12.1 Å². The molecule has 0 amide bonds. The number of ketones is 1. The first-order chi connectivity index (χ1) is 16.1. The zero-order chi connectivity index (χ0) is 22.8. The number of carbonyl (C=O) groups excluding carboxylic acids is 1. The fraction of sp³-hybridized carbons (Fsp3) is 0. The minimum Gasteiger partial charge on any atom is -0.337 e. The van der Waals surface area contributed by atoms with Crippen LogP contribution in [0.25, 0.3) is 33.9 Å². The zero-order valence-corrected chi connectivity index (χ0v) is 18.9. The van der Waals surface area contributed by atoms with E-state index < -0.39 is 0 Å². The van der Waals surface area contributed by atoms with Crippen molar-refractivity contribution in [3.8, 4) is 33.9 Å². The van der Waals surface area contributed by atoms with Gasteiger partial charge in [0.05, 0.1) is 21.4 Å². The van der Waals surface area contributed by atoms with E-state index in [0.717, 1.165) is 28.1 Å². The molecule has 1 N–H and O–H groups in total. The first-order valence-electron chi connectivity index (χ1n) is 10.4. The van der Waals surface area contributed by atoms with Crippen LogP contribution in [0.5, 0.6) is 0 Å². The van der Waals surface area contributed by atoms with E-state index in [4.69, 9.17) is 28.2 Å². The molecule has 0 aliphatic carbocycles. The molecule has 0 spiro atoms. The molecule has 0 aliphatic heterocycles. The van der Waals surface area contributed by atoms with Crippen LogP contribution in [0.15, 0.2) is 103 Å². The quantitative estimate of drug-likeness (QED) is 0.266. The van der Waals surface area contributed by atoms with Gasteiger partial charge in [-0.1, -0.05) is 108 Å². The summed E-state index contributed by atoms with van der Waals surface area (Å²) in [5.74, 6) is 0.679. The Kier molecular flexibility index (Phi) is 5.82. The van der Waals surface area contributed by atoms with Gasteiger partial charge in [-0.2, -0.15) is 0 Å². The molecule has 0 radical (unpaired) electrons. The van der Waals surface area contributed by atoms with Gasteiger partial charge in [0.2, 0.25) is 0 Å². The van der Waals surface area contributed by atoms with Crippen molar-refractivity contribution in [3.05, 3.63) is 124 Å². The van der Waals surface area contributed by atoms with Crippen LogP contribution in [-0.4, -0.2) is 15.8 Å². The van der Waals surface area contributed by atoms with Crippen molar-refractivity contribution in [2.75, 3.05) is 0 Å². The second kappa shape index (κ2) is 9.07. The Bertz CT molecular complexity index is 1430. The lowest BCUT2D eigenvalue weighted by Gasteiger charge is -2.05. The maximum Gasteiger partial charge on any atom is 0.193 e. The van der Waals surface area contributed by atoms with Gasteiger partial charge in [0.15, 0.2) is 5.78 Å². The summed E-state index contributed by atoms with van der Waals surface area (Å²) in [5, 5.41) is 0.964. The summed E-state index contributed by atoms with van der Waals surface area (Å²) in [5.41, 5.74) is 5.73. The molecule has 0 unspecified atom stereocenters. The second-order valence-corrected chi connectivity index (χ2v) is 8.39. The third-order valence-corrected chi connectivity index (χ3v) is 6.15. The predicted octanol–water partition coefficient (Wildman–Crippen LogP) is 7.95. The maximum absolute atomic E-state index is 12.8. The fourth-order valence-electron chi connectivity index (χ4n) is 3.71. The Hall–Kier alpha value is -3.66. The van der Waals surface area contributed by atoms with Crippen molar-refractivity contribution >= 4 is 29.0 Å². The number of rotatable bonds is 5. The number of imidazole rings is 1. The van der Waals surface area contributed by atoms with Crippen molar-refractivity contribution in [1.29, 1.82) is 0 Å². The van der Waals surface area contributed by atoms with Gasteiger partial charge in [-0.25, -0.2) is 4.98 Å². The average molecular weight is 469 g/mol. The molecule has 5 aromatic rings. The molecule has 33 heavy (non-hydrogen) atoms. The minimum absolute atomic E-state index is 0.00783. The second-order valence-electron chi connectivity index (χ2n) is 7.58. The molecule has 5 rings (SSSR count). The molecule has 0 atom stereocenters. The van der Waals surface area contributed by atoms with Crippen LogP contribution in [-0.2, 0) is 0 Å². The highest BCUT2D eigenvalue weighted by molar-refractivity contribution is 6.42. The zero-order valence-electron chi connectivity index (χ0n) is 17.4. The summed E-state index contributed by atoms with van der Waals surface area (Å²) in [6, 6.07) is 32.2. The van der Waals surface area contributed by atoms with E-state index in [0.29, 0.717) is 27.0 Å². The minimum atomic E-state index is -0.00783. The standard InChI is InChI=1S/C28H18Cl2N2O/c29-23-16-15-22(17-24(23)30)28-31-25(18-7-3-1-4-8-18)26(32-28)19-11-13-21(14-12-19)27(33)20-9-5-2-6-10-20/h1-17H,(H,31,32). The molecule has 4 aromatic carbocycles. The van der Waals surface area contributed by atoms with Crippen LogP contribution in [0.3, 0.4) is 0 Å². The highest BCUT2D eigenvalue weighted by atomic mass is 35.5. The summed E-state index contributed by atoms with van der Waals surface area (Å²) in [4.78, 5) is 21.1. The first-order valence-corrected chi connectivity index (χ1v) is 11.2. The summed E-state index contributed by atoms with van der Waals surface area (Å²) in [7, 11) is 0. The number of nitrogens with one attached hydrogen (secondary N) is 1. The smallest absolute Gasteiger partial charge is 0.193 e. The molecule has 3 nitrogen and oxygen atoms in total. The number of aromatic amines is 1. The van der Waals surface area contributed by atoms with E-state index in [2.05, 4.69) is 4.98 Å². The van der Waals surface area contributed by atoms with Gasteiger partial charge in [-0.3, -0.25) is 4.79 Å². The van der Waals surface area contributed by atoms with Crippen molar-refractivity contribution in [1.82, 2.24) is 9.97 Å². The van der Waals surface area contributed by atoms with E-state index in [9.17, 15) is 4.79 Å². The van der Waals surface area contributed by atoms with Crippen molar-refractivity contribution < 1.29 is 4.79 Å². The lowest BCUT2D eigenvalue weighted by atomic mass is 10.00. The van der Waals surface area contributed by atoms with E-state index in [1.165, 1.54) is 0 Å².